The van der Waals surface area contributed by atoms with E-state index in [1.807, 2.05) is 0 Å². The second-order valence-electron chi connectivity index (χ2n) is 0.594. The van der Waals surface area contributed by atoms with E-state index in [9.17, 15) is 8.42 Å². The van der Waals surface area contributed by atoms with E-state index in [2.05, 4.69) is 4.18 Å². The summed E-state index contributed by atoms with van der Waals surface area (Å²) >= 11 is 0. The van der Waals surface area contributed by atoms with Crippen LogP contribution in [-0.2, 0) is 19.4 Å². The molecule has 0 aromatic heterocycles. The second-order valence-corrected chi connectivity index (χ2v) is 1.62. The topological polar surface area (TPSA) is 80.7 Å². The van der Waals surface area contributed by atoms with Gasteiger partial charge in [-0.25, -0.2) is 4.79 Å². The van der Waals surface area contributed by atoms with Gasteiger partial charge in [0, 0.05) is 0 Å². The van der Waals surface area contributed by atoms with Gasteiger partial charge in [-0.05, 0) is 0 Å². The average molecular weight is 125 g/mol. The Morgan fingerprint density at radius 3 is 2.00 bits per heavy atom. The van der Waals surface area contributed by atoms with Gasteiger partial charge in [0.05, 0.1) is 0 Å². The summed E-state index contributed by atoms with van der Waals surface area (Å²) < 4.78 is 29.1. The van der Waals surface area contributed by atoms with Crippen LogP contribution in [0.2, 0.25) is 0 Å². The van der Waals surface area contributed by atoms with Crippen LogP contribution in [0.1, 0.15) is 0 Å². The van der Waals surface area contributed by atoms with E-state index in [0.717, 1.165) is 0 Å². The summed E-state index contributed by atoms with van der Waals surface area (Å²) in [6, 6.07) is 0. The number of hydrogen-bond donors (Lipinski definition) is 1. The van der Waals surface area contributed by atoms with Crippen molar-refractivity contribution in [3.05, 3.63) is 0 Å². The first-order chi connectivity index (χ1) is 3.06. The van der Waals surface area contributed by atoms with Crippen molar-refractivity contribution in [3.63, 3.8) is 0 Å². The molecule has 1 N–H and O–H groups in total. The zero-order valence-corrected chi connectivity index (χ0v) is 3.80. The summed E-state index contributed by atoms with van der Waals surface area (Å²) in [5, 5.41) is 0. The van der Waals surface area contributed by atoms with Gasteiger partial charge in [0.25, 0.3) is 0 Å². The quantitative estimate of drug-likeness (QED) is 0.472. The van der Waals surface area contributed by atoms with Crippen molar-refractivity contribution in [2.75, 3.05) is 0 Å². The molecule has 0 unspecified atom stereocenters. The third-order valence-electron chi connectivity index (χ3n) is 0.139. The number of hydrogen-bond acceptors (Lipinski definition) is 4. The Labute approximate surface area is 39.9 Å². The lowest BCUT2D eigenvalue weighted by Gasteiger charge is -1.81. The Morgan fingerprint density at radius 2 is 2.00 bits per heavy atom. The molecule has 5 nitrogen and oxygen atoms in total. The zero-order chi connectivity index (χ0) is 5.91. The third-order valence-corrected chi connectivity index (χ3v) is 0.418. The predicted molar refractivity (Wildman–Crippen MR) is 18.3 cm³/mol. The highest BCUT2D eigenvalue weighted by atomic mass is 32.3. The van der Waals surface area contributed by atoms with Crippen LogP contribution in [0.5, 0.6) is 0 Å². The van der Waals surface area contributed by atoms with Crippen molar-refractivity contribution in [3.8, 4) is 0 Å². The second kappa shape index (κ2) is 1.90. The lowest BCUT2D eigenvalue weighted by atomic mass is 11.7. The summed E-state index contributed by atoms with van der Waals surface area (Å²) in [6.45, 7) is 0.520. The zero-order valence-electron chi connectivity index (χ0n) is 2.99. The van der Waals surface area contributed by atoms with E-state index in [0.29, 0.717) is 6.47 Å². The molecule has 0 saturated heterocycles. The fourth-order valence-electron chi connectivity index (χ4n) is 0.0430. The van der Waals surface area contributed by atoms with Gasteiger partial charge < -0.3 is 4.18 Å². The van der Waals surface area contributed by atoms with Crippen LogP contribution in [0.15, 0.2) is 0 Å². The van der Waals surface area contributed by atoms with Crippen LogP contribution >= 0.6 is 0 Å². The first-order valence-corrected chi connectivity index (χ1v) is 2.46. The molecular formula is CHO5S. The molecule has 0 atom stereocenters. The largest absolute Gasteiger partial charge is 0.449 e. The Morgan fingerprint density at radius 1 is 1.57 bits per heavy atom. The molecule has 7 heavy (non-hydrogen) atoms. The molecule has 1 radical (unpaired) electrons. The van der Waals surface area contributed by atoms with Gasteiger partial charge in [0.15, 0.2) is 0 Å². The molecule has 0 fully saturated rings. The van der Waals surface area contributed by atoms with Crippen molar-refractivity contribution in [1.82, 2.24) is 0 Å². The minimum atomic E-state index is -4.60. The van der Waals surface area contributed by atoms with Gasteiger partial charge in [-0.15, -0.1) is 0 Å². The summed E-state index contributed by atoms with van der Waals surface area (Å²) in [5.41, 5.74) is 0. The fourth-order valence-corrected chi connectivity index (χ4v) is 0.129. The molecule has 0 aliphatic heterocycles. The van der Waals surface area contributed by atoms with Crippen LogP contribution in [0, 0.1) is 0 Å². The van der Waals surface area contributed by atoms with E-state index in [4.69, 9.17) is 9.35 Å². The summed E-state index contributed by atoms with van der Waals surface area (Å²) in [6.07, 6.45) is 0. The molecule has 0 aliphatic rings. The molecule has 6 heteroatoms. The normalized spacial score (nSPS) is 10.4. The minimum Gasteiger partial charge on any atom is -0.315 e. The first-order valence-electron chi connectivity index (χ1n) is 1.09. The third kappa shape index (κ3) is 5.38. The molecular weight excluding hydrogens is 124 g/mol. The molecule has 0 heterocycles. The molecule has 0 aromatic rings. The highest BCUT2D eigenvalue weighted by Gasteiger charge is 2.00. The van der Waals surface area contributed by atoms with Crippen molar-refractivity contribution in [2.24, 2.45) is 0 Å². The Hall–Kier alpha value is -0.620. The van der Waals surface area contributed by atoms with Gasteiger partial charge >= 0.3 is 16.9 Å². The van der Waals surface area contributed by atoms with E-state index < -0.39 is 10.4 Å². The summed E-state index contributed by atoms with van der Waals surface area (Å²) in [5.74, 6) is 0. The highest BCUT2D eigenvalue weighted by Crippen LogP contribution is 1.76. The number of carbonyl (C=O) groups excluding carboxylic acids is 1. The van der Waals surface area contributed by atoms with Crippen molar-refractivity contribution < 1.29 is 21.9 Å². The van der Waals surface area contributed by atoms with E-state index >= 15 is 0 Å². The van der Waals surface area contributed by atoms with Gasteiger partial charge in [0.2, 0.25) is 0 Å². The maximum atomic E-state index is 9.30. The van der Waals surface area contributed by atoms with Gasteiger partial charge in [-0.2, -0.15) is 8.42 Å². The first kappa shape index (κ1) is 6.38. The molecule has 0 rings (SSSR count). The molecule has 41 valence electrons. The van der Waals surface area contributed by atoms with Crippen LogP contribution in [0.4, 0.5) is 0 Å². The maximum absolute atomic E-state index is 9.30. The van der Waals surface area contributed by atoms with Crippen LogP contribution in [-0.4, -0.2) is 19.4 Å². The molecule has 0 saturated carbocycles. The lowest BCUT2D eigenvalue weighted by molar-refractivity contribution is 0.362. The predicted octanol–water partition coefficient (Wildman–Crippen LogP) is -1.13. The highest BCUT2D eigenvalue weighted by molar-refractivity contribution is 7.81. The maximum Gasteiger partial charge on any atom is 0.449 e. The lowest BCUT2D eigenvalue weighted by Crippen LogP contribution is -2.00. The molecule has 0 aliphatic carbocycles. The smallest absolute Gasteiger partial charge is 0.315 e. The van der Waals surface area contributed by atoms with Crippen molar-refractivity contribution in [2.45, 2.75) is 0 Å². The molecule has 0 aromatic carbocycles. The average Bonchev–Trinajstić information content (AvgIpc) is 1.30. The molecule has 0 amide bonds. The van der Waals surface area contributed by atoms with Crippen molar-refractivity contribution in [1.29, 1.82) is 0 Å². The summed E-state index contributed by atoms with van der Waals surface area (Å²) in [4.78, 5) is 8.93. The van der Waals surface area contributed by atoms with Crippen LogP contribution in [0.3, 0.4) is 0 Å². The molecule has 0 spiro atoms. The van der Waals surface area contributed by atoms with Gasteiger partial charge in [0.1, 0.15) is 0 Å². The minimum absolute atomic E-state index is 0.520. The van der Waals surface area contributed by atoms with Gasteiger partial charge in [-0.1, -0.05) is 0 Å². The van der Waals surface area contributed by atoms with Crippen LogP contribution < -0.4 is 0 Å². The summed E-state index contributed by atoms with van der Waals surface area (Å²) in [7, 11) is -4.60. The Bertz CT molecular complexity index is 141. The fraction of sp³-hybridized carbons (Fsp3) is 0. The molecule has 0 bridgehead atoms. The van der Waals surface area contributed by atoms with Crippen molar-refractivity contribution >= 4 is 16.9 Å². The Balaban J connectivity index is 3.84. The van der Waals surface area contributed by atoms with Crippen LogP contribution in [0.25, 0.3) is 0 Å². The van der Waals surface area contributed by atoms with E-state index in [1.165, 1.54) is 0 Å². The standard InChI is InChI=1S/CHO5S/c2-1-6-7(3,4)5/h(H,3,4,5). The van der Waals surface area contributed by atoms with E-state index in [1.54, 1.807) is 0 Å². The van der Waals surface area contributed by atoms with E-state index in [-0.39, 0.29) is 0 Å². The monoisotopic (exact) mass is 125 g/mol. The van der Waals surface area contributed by atoms with Gasteiger partial charge in [-0.3, -0.25) is 4.55 Å². The SMILES string of the molecule is O=[C]OS(=O)(=O)O. The Kier molecular flexibility index (Phi) is 1.73. The number of rotatable bonds is 2.